The highest BCUT2D eigenvalue weighted by Gasteiger charge is 2.05. The number of hydrogen-bond acceptors (Lipinski definition) is 3. The molecule has 2 aromatic carbocycles. The normalized spacial score (nSPS) is 11.9. The predicted octanol–water partition coefficient (Wildman–Crippen LogP) is 2.25. The average molecular weight is 305 g/mol. The van der Waals surface area contributed by atoms with Crippen molar-refractivity contribution in [3.05, 3.63) is 59.2 Å². The van der Waals surface area contributed by atoms with Crippen LogP contribution in [-0.2, 0) is 17.7 Å². The van der Waals surface area contributed by atoms with Crippen LogP contribution in [0.1, 0.15) is 21.5 Å². The topological polar surface area (TPSA) is 89.6 Å². The number of amides is 1. The SMILES string of the molecule is Cc1cc(COc2ccc(S(=O)O)cc2)cc(C(N)=O)c1. The molecule has 0 saturated carbocycles. The second kappa shape index (κ2) is 6.51. The van der Waals surface area contributed by atoms with Crippen LogP contribution in [0.25, 0.3) is 0 Å². The van der Waals surface area contributed by atoms with Crippen LogP contribution in [-0.4, -0.2) is 14.7 Å². The molecule has 0 bridgehead atoms. The molecule has 2 rings (SSSR count). The first-order valence-corrected chi connectivity index (χ1v) is 7.30. The van der Waals surface area contributed by atoms with Crippen molar-refractivity contribution in [3.63, 3.8) is 0 Å². The van der Waals surface area contributed by atoms with Crippen molar-refractivity contribution in [1.82, 2.24) is 0 Å². The number of hydrogen-bond donors (Lipinski definition) is 2. The van der Waals surface area contributed by atoms with Gasteiger partial charge in [-0.1, -0.05) is 6.07 Å². The van der Waals surface area contributed by atoms with E-state index in [0.717, 1.165) is 11.1 Å². The molecule has 0 spiro atoms. The Morgan fingerprint density at radius 2 is 1.90 bits per heavy atom. The zero-order valence-electron chi connectivity index (χ0n) is 11.4. The monoisotopic (exact) mass is 305 g/mol. The number of ether oxygens (including phenoxy) is 1. The van der Waals surface area contributed by atoms with Crippen LogP contribution in [0.2, 0.25) is 0 Å². The first-order chi connectivity index (χ1) is 9.95. The van der Waals surface area contributed by atoms with E-state index in [9.17, 15) is 9.00 Å². The van der Waals surface area contributed by atoms with Crippen LogP contribution in [0.5, 0.6) is 5.75 Å². The van der Waals surface area contributed by atoms with E-state index in [-0.39, 0.29) is 6.61 Å². The zero-order valence-corrected chi connectivity index (χ0v) is 12.2. The van der Waals surface area contributed by atoms with E-state index in [2.05, 4.69) is 0 Å². The molecule has 0 fully saturated rings. The Balaban J connectivity index is 2.09. The van der Waals surface area contributed by atoms with Gasteiger partial charge in [0.15, 0.2) is 11.1 Å². The summed E-state index contributed by atoms with van der Waals surface area (Å²) in [6.45, 7) is 2.16. The molecule has 0 aromatic heterocycles. The zero-order chi connectivity index (χ0) is 15.4. The van der Waals surface area contributed by atoms with Gasteiger partial charge in [0.2, 0.25) is 5.91 Å². The molecule has 5 nitrogen and oxygen atoms in total. The maximum atomic E-state index is 11.2. The summed E-state index contributed by atoms with van der Waals surface area (Å²) >= 11 is -2.00. The molecular formula is C15H15NO4S. The van der Waals surface area contributed by atoms with Gasteiger partial charge in [-0.25, -0.2) is 4.21 Å². The van der Waals surface area contributed by atoms with E-state index in [4.69, 9.17) is 15.0 Å². The fraction of sp³-hybridized carbons (Fsp3) is 0.133. The fourth-order valence-electron chi connectivity index (χ4n) is 1.91. The van der Waals surface area contributed by atoms with Crippen LogP contribution in [0, 0.1) is 6.92 Å². The van der Waals surface area contributed by atoms with Crippen molar-refractivity contribution in [2.75, 3.05) is 0 Å². The number of carbonyl (C=O) groups is 1. The highest BCUT2D eigenvalue weighted by atomic mass is 32.2. The molecule has 2 aromatic rings. The number of carbonyl (C=O) groups excluding carboxylic acids is 1. The molecule has 110 valence electrons. The summed E-state index contributed by atoms with van der Waals surface area (Å²) in [6, 6.07) is 11.6. The summed E-state index contributed by atoms with van der Waals surface area (Å²) in [5.74, 6) is 0.0982. The number of nitrogens with two attached hydrogens (primary N) is 1. The van der Waals surface area contributed by atoms with Gasteiger partial charge < -0.3 is 15.0 Å². The van der Waals surface area contributed by atoms with Gasteiger partial charge in [-0.15, -0.1) is 0 Å². The minimum Gasteiger partial charge on any atom is -0.489 e. The van der Waals surface area contributed by atoms with Crippen LogP contribution in [0.4, 0.5) is 0 Å². The molecule has 0 aliphatic carbocycles. The molecule has 0 aliphatic heterocycles. The molecule has 0 saturated heterocycles. The van der Waals surface area contributed by atoms with Gasteiger partial charge in [0.25, 0.3) is 0 Å². The van der Waals surface area contributed by atoms with E-state index in [0.29, 0.717) is 16.2 Å². The Morgan fingerprint density at radius 1 is 1.24 bits per heavy atom. The summed E-state index contributed by atoms with van der Waals surface area (Å²) in [7, 11) is 0. The highest BCUT2D eigenvalue weighted by molar-refractivity contribution is 7.79. The minimum absolute atomic E-state index is 0.281. The number of benzene rings is 2. The standard InChI is InChI=1S/C15H15NO4S/c1-10-6-11(8-12(7-10)15(16)17)9-20-13-2-4-14(5-3-13)21(18)19/h2-8H,9H2,1H3,(H2,16,17)(H,18,19). The van der Waals surface area contributed by atoms with Crippen LogP contribution in [0.15, 0.2) is 47.4 Å². The third kappa shape index (κ3) is 4.14. The van der Waals surface area contributed by atoms with Crippen LogP contribution < -0.4 is 10.5 Å². The second-order valence-corrected chi connectivity index (χ2v) is 5.55. The molecule has 0 aliphatic rings. The molecule has 21 heavy (non-hydrogen) atoms. The molecule has 3 N–H and O–H groups in total. The molecular weight excluding hydrogens is 290 g/mol. The van der Waals surface area contributed by atoms with Crippen molar-refractivity contribution in [3.8, 4) is 5.75 Å². The van der Waals surface area contributed by atoms with E-state index in [1.54, 1.807) is 24.3 Å². The molecule has 1 amide bonds. The molecule has 0 heterocycles. The summed E-state index contributed by atoms with van der Waals surface area (Å²) in [4.78, 5) is 11.5. The molecule has 0 radical (unpaired) electrons. The van der Waals surface area contributed by atoms with Crippen molar-refractivity contribution in [2.45, 2.75) is 18.4 Å². The highest BCUT2D eigenvalue weighted by Crippen LogP contribution is 2.17. The van der Waals surface area contributed by atoms with Gasteiger partial charge in [-0.2, -0.15) is 0 Å². The second-order valence-electron chi connectivity index (χ2n) is 4.58. The molecule has 1 unspecified atom stereocenters. The summed E-state index contributed by atoms with van der Waals surface area (Å²) in [5.41, 5.74) is 7.47. The third-order valence-electron chi connectivity index (χ3n) is 2.85. The maximum Gasteiger partial charge on any atom is 0.248 e. The largest absolute Gasteiger partial charge is 0.489 e. The number of primary amides is 1. The Bertz CT molecular complexity index is 683. The average Bonchev–Trinajstić information content (AvgIpc) is 2.45. The predicted molar refractivity (Wildman–Crippen MR) is 79.5 cm³/mol. The van der Waals surface area contributed by atoms with Gasteiger partial charge in [-0.3, -0.25) is 4.79 Å². The Kier molecular flexibility index (Phi) is 4.72. The van der Waals surface area contributed by atoms with Crippen molar-refractivity contribution < 1.29 is 18.3 Å². The van der Waals surface area contributed by atoms with E-state index in [1.807, 2.05) is 13.0 Å². The van der Waals surface area contributed by atoms with Gasteiger partial charge >= 0.3 is 0 Å². The molecule has 1 atom stereocenters. The fourth-order valence-corrected chi connectivity index (χ4v) is 2.28. The lowest BCUT2D eigenvalue weighted by Gasteiger charge is -2.08. The quantitative estimate of drug-likeness (QED) is 0.829. The van der Waals surface area contributed by atoms with Gasteiger partial charge in [0, 0.05) is 5.56 Å². The summed E-state index contributed by atoms with van der Waals surface area (Å²) < 4.78 is 25.4. The van der Waals surface area contributed by atoms with E-state index in [1.165, 1.54) is 12.1 Å². The van der Waals surface area contributed by atoms with Crippen molar-refractivity contribution >= 4 is 17.0 Å². The first-order valence-electron chi connectivity index (χ1n) is 6.20. The Hall–Kier alpha value is -2.18. The summed E-state index contributed by atoms with van der Waals surface area (Å²) in [6.07, 6.45) is 0. The maximum absolute atomic E-state index is 11.2. The lowest BCUT2D eigenvalue weighted by molar-refractivity contribution is 0.1000. The van der Waals surface area contributed by atoms with Crippen molar-refractivity contribution in [1.29, 1.82) is 0 Å². The smallest absolute Gasteiger partial charge is 0.248 e. The Labute approximate surface area is 125 Å². The van der Waals surface area contributed by atoms with Crippen LogP contribution >= 0.6 is 0 Å². The lowest BCUT2D eigenvalue weighted by Crippen LogP contribution is -2.12. The van der Waals surface area contributed by atoms with E-state index >= 15 is 0 Å². The van der Waals surface area contributed by atoms with Crippen LogP contribution in [0.3, 0.4) is 0 Å². The lowest BCUT2D eigenvalue weighted by atomic mass is 10.1. The molecule has 6 heteroatoms. The van der Waals surface area contributed by atoms with Gasteiger partial charge in [0.05, 0.1) is 4.90 Å². The first kappa shape index (κ1) is 15.2. The van der Waals surface area contributed by atoms with Crippen molar-refractivity contribution in [2.24, 2.45) is 5.73 Å². The van der Waals surface area contributed by atoms with Gasteiger partial charge in [0.1, 0.15) is 12.4 Å². The summed E-state index contributed by atoms with van der Waals surface area (Å²) in [5, 5.41) is 0. The minimum atomic E-state index is -2.00. The Morgan fingerprint density at radius 3 is 2.48 bits per heavy atom. The number of aryl methyl sites for hydroxylation is 1. The van der Waals surface area contributed by atoms with E-state index < -0.39 is 17.0 Å². The number of rotatable bonds is 5. The third-order valence-corrected chi connectivity index (χ3v) is 3.53. The van der Waals surface area contributed by atoms with Gasteiger partial charge in [-0.05, 0) is 54.4 Å².